The van der Waals surface area contributed by atoms with Crippen LogP contribution < -0.4 is 14.2 Å². The number of benzene rings is 3. The standard InChI is InChI=1S/C32H33NO7/c1-20-16-24-17-23(11-12-25(24)40-20)30(34)28-29(33(14-7-15-37-2)32(36)31(28)35)22-10-13-26(27(18-22)38-3)39-19-21-8-5-4-6-9-21/h4-6,8-13,17-18,20,29,34H,7,14-16,19H2,1-3H3/t20-,29+/m0/s1. The van der Waals surface area contributed by atoms with Crippen LogP contribution >= 0.6 is 0 Å². The van der Waals surface area contributed by atoms with Crippen molar-refractivity contribution in [3.8, 4) is 17.2 Å². The molecule has 8 heteroatoms. The fourth-order valence-corrected chi connectivity index (χ4v) is 5.27. The van der Waals surface area contributed by atoms with E-state index in [1.165, 1.54) is 12.0 Å². The van der Waals surface area contributed by atoms with Gasteiger partial charge in [0.05, 0.1) is 18.7 Å². The summed E-state index contributed by atoms with van der Waals surface area (Å²) < 4.78 is 22.6. The van der Waals surface area contributed by atoms with Gasteiger partial charge in [0.25, 0.3) is 11.7 Å². The molecule has 208 valence electrons. The zero-order chi connectivity index (χ0) is 28.2. The van der Waals surface area contributed by atoms with Gasteiger partial charge in [-0.2, -0.15) is 0 Å². The molecule has 3 aromatic carbocycles. The predicted molar refractivity (Wildman–Crippen MR) is 150 cm³/mol. The zero-order valence-electron chi connectivity index (χ0n) is 22.9. The average molecular weight is 544 g/mol. The molecule has 1 N–H and O–H groups in total. The second-order valence-corrected chi connectivity index (χ2v) is 9.98. The van der Waals surface area contributed by atoms with Gasteiger partial charge in [-0.1, -0.05) is 36.4 Å². The molecule has 2 atom stereocenters. The van der Waals surface area contributed by atoms with Crippen molar-refractivity contribution in [3.05, 3.63) is 94.6 Å². The second kappa shape index (κ2) is 11.8. The highest BCUT2D eigenvalue weighted by atomic mass is 16.5. The summed E-state index contributed by atoms with van der Waals surface area (Å²) in [5.74, 6) is 0.135. The normalized spacial score (nSPS) is 19.4. The molecule has 0 unspecified atom stereocenters. The van der Waals surface area contributed by atoms with Crippen LogP contribution in [-0.4, -0.2) is 55.2 Å². The van der Waals surface area contributed by atoms with E-state index in [-0.39, 0.29) is 24.0 Å². The zero-order valence-corrected chi connectivity index (χ0v) is 22.9. The largest absolute Gasteiger partial charge is 0.507 e. The average Bonchev–Trinajstić information content (AvgIpc) is 3.47. The molecule has 0 spiro atoms. The van der Waals surface area contributed by atoms with Crippen LogP contribution in [0.5, 0.6) is 17.2 Å². The molecule has 40 heavy (non-hydrogen) atoms. The Morgan fingerprint density at radius 2 is 1.82 bits per heavy atom. The van der Waals surface area contributed by atoms with Crippen LogP contribution in [0, 0.1) is 0 Å². The van der Waals surface area contributed by atoms with Gasteiger partial charge in [-0.05, 0) is 60.4 Å². The lowest BCUT2D eigenvalue weighted by molar-refractivity contribution is -0.140. The molecule has 3 aromatic rings. The Morgan fingerprint density at radius 1 is 1.02 bits per heavy atom. The highest BCUT2D eigenvalue weighted by Crippen LogP contribution is 2.43. The van der Waals surface area contributed by atoms with Crippen molar-refractivity contribution in [2.45, 2.75) is 38.5 Å². The van der Waals surface area contributed by atoms with E-state index in [4.69, 9.17) is 18.9 Å². The first-order chi connectivity index (χ1) is 19.4. The van der Waals surface area contributed by atoms with Gasteiger partial charge in [-0.25, -0.2) is 0 Å². The maximum atomic E-state index is 13.4. The van der Waals surface area contributed by atoms with Crippen LogP contribution in [0.4, 0.5) is 0 Å². The molecule has 1 amide bonds. The first-order valence-corrected chi connectivity index (χ1v) is 13.3. The van der Waals surface area contributed by atoms with E-state index in [0.717, 1.165) is 16.9 Å². The van der Waals surface area contributed by atoms with E-state index >= 15 is 0 Å². The third-order valence-electron chi connectivity index (χ3n) is 7.20. The van der Waals surface area contributed by atoms with Crippen LogP contribution in [0.15, 0.2) is 72.3 Å². The maximum Gasteiger partial charge on any atom is 0.295 e. The number of Topliss-reactive ketones (excluding diaryl/α,β-unsaturated/α-hetero) is 1. The van der Waals surface area contributed by atoms with Gasteiger partial charge in [0.15, 0.2) is 11.5 Å². The summed E-state index contributed by atoms with van der Waals surface area (Å²) in [6.45, 7) is 3.04. The van der Waals surface area contributed by atoms with Gasteiger partial charge >= 0.3 is 0 Å². The predicted octanol–water partition coefficient (Wildman–Crippen LogP) is 5.06. The summed E-state index contributed by atoms with van der Waals surface area (Å²) in [6.07, 6.45) is 1.27. The molecule has 2 heterocycles. The number of aliphatic hydroxyl groups excluding tert-OH is 1. The van der Waals surface area contributed by atoms with E-state index in [1.54, 1.807) is 37.4 Å². The Hall–Kier alpha value is -4.30. The third kappa shape index (κ3) is 5.40. The number of fused-ring (bicyclic) bond motifs is 1. The number of aliphatic hydroxyl groups is 1. The Morgan fingerprint density at radius 3 is 2.58 bits per heavy atom. The topological polar surface area (TPSA) is 94.5 Å². The number of nitrogens with zero attached hydrogens (tertiary/aromatic N) is 1. The molecule has 2 aliphatic rings. The number of hydrogen-bond acceptors (Lipinski definition) is 7. The van der Waals surface area contributed by atoms with E-state index in [9.17, 15) is 14.7 Å². The minimum atomic E-state index is -0.808. The lowest BCUT2D eigenvalue weighted by Crippen LogP contribution is -2.31. The van der Waals surface area contributed by atoms with Crippen LogP contribution in [0.25, 0.3) is 5.76 Å². The molecule has 2 aliphatic heterocycles. The van der Waals surface area contributed by atoms with Gasteiger partial charge in [0, 0.05) is 32.2 Å². The summed E-state index contributed by atoms with van der Waals surface area (Å²) >= 11 is 0. The van der Waals surface area contributed by atoms with Crippen molar-refractivity contribution in [2.24, 2.45) is 0 Å². The van der Waals surface area contributed by atoms with Crippen molar-refractivity contribution >= 4 is 17.4 Å². The molecular formula is C32H33NO7. The fraction of sp³-hybridized carbons (Fsp3) is 0.312. The van der Waals surface area contributed by atoms with Crippen LogP contribution in [0.2, 0.25) is 0 Å². The van der Waals surface area contributed by atoms with E-state index in [0.29, 0.717) is 48.7 Å². The van der Waals surface area contributed by atoms with Crippen molar-refractivity contribution in [1.82, 2.24) is 4.90 Å². The van der Waals surface area contributed by atoms with Crippen LogP contribution in [-0.2, 0) is 27.4 Å². The molecule has 0 saturated carbocycles. The van der Waals surface area contributed by atoms with Crippen molar-refractivity contribution < 1.29 is 33.6 Å². The monoisotopic (exact) mass is 543 g/mol. The van der Waals surface area contributed by atoms with E-state index in [1.807, 2.05) is 43.3 Å². The first-order valence-electron chi connectivity index (χ1n) is 13.3. The molecule has 0 radical (unpaired) electrons. The Bertz CT molecular complexity index is 1430. The van der Waals surface area contributed by atoms with E-state index in [2.05, 4.69) is 0 Å². The number of amides is 1. The third-order valence-corrected chi connectivity index (χ3v) is 7.20. The van der Waals surface area contributed by atoms with Gasteiger partial charge in [-0.3, -0.25) is 9.59 Å². The summed E-state index contributed by atoms with van der Waals surface area (Å²) in [4.78, 5) is 28.1. The quantitative estimate of drug-likeness (QED) is 0.165. The minimum Gasteiger partial charge on any atom is -0.507 e. The smallest absolute Gasteiger partial charge is 0.295 e. The Kier molecular flexibility index (Phi) is 8.07. The molecule has 5 rings (SSSR count). The first kappa shape index (κ1) is 27.3. The number of ketones is 1. The highest BCUT2D eigenvalue weighted by molar-refractivity contribution is 6.46. The number of rotatable bonds is 10. The number of carbonyl (C=O) groups excluding carboxylic acids is 2. The summed E-state index contributed by atoms with van der Waals surface area (Å²) in [5, 5.41) is 11.5. The number of methoxy groups -OCH3 is 2. The molecule has 8 nitrogen and oxygen atoms in total. The summed E-state index contributed by atoms with van der Waals surface area (Å²) in [5.41, 5.74) is 3.08. The molecule has 0 bridgehead atoms. The number of carbonyl (C=O) groups is 2. The van der Waals surface area contributed by atoms with Gasteiger partial charge in [0.1, 0.15) is 24.2 Å². The van der Waals surface area contributed by atoms with Crippen LogP contribution in [0.3, 0.4) is 0 Å². The van der Waals surface area contributed by atoms with Crippen molar-refractivity contribution in [1.29, 1.82) is 0 Å². The van der Waals surface area contributed by atoms with E-state index < -0.39 is 17.7 Å². The molecule has 1 saturated heterocycles. The SMILES string of the molecule is COCCCN1C(=O)C(=O)C(=C(O)c2ccc3c(c2)C[C@H](C)O3)[C@H]1c1ccc(OCc2ccccc2)c(OC)c1. The summed E-state index contributed by atoms with van der Waals surface area (Å²) in [6, 6.07) is 19.6. The Labute approximate surface area is 233 Å². The lowest BCUT2D eigenvalue weighted by Gasteiger charge is -2.26. The van der Waals surface area contributed by atoms with Crippen molar-refractivity contribution in [3.63, 3.8) is 0 Å². The van der Waals surface area contributed by atoms with Crippen molar-refractivity contribution in [2.75, 3.05) is 27.4 Å². The molecular weight excluding hydrogens is 510 g/mol. The number of likely N-dealkylation sites (tertiary alicyclic amines) is 1. The summed E-state index contributed by atoms with van der Waals surface area (Å²) in [7, 11) is 3.13. The maximum absolute atomic E-state index is 13.4. The number of hydrogen-bond donors (Lipinski definition) is 1. The fourth-order valence-electron chi connectivity index (χ4n) is 5.27. The van der Waals surface area contributed by atoms with Gasteiger partial charge in [0.2, 0.25) is 0 Å². The molecule has 0 aromatic heterocycles. The molecule has 0 aliphatic carbocycles. The number of ether oxygens (including phenoxy) is 4. The van der Waals surface area contributed by atoms with Gasteiger partial charge < -0.3 is 29.0 Å². The second-order valence-electron chi connectivity index (χ2n) is 9.98. The lowest BCUT2D eigenvalue weighted by atomic mass is 9.94. The Balaban J connectivity index is 1.53. The minimum absolute atomic E-state index is 0.0360. The highest BCUT2D eigenvalue weighted by Gasteiger charge is 2.46. The van der Waals surface area contributed by atoms with Crippen LogP contribution in [0.1, 0.15) is 41.6 Å². The molecule has 1 fully saturated rings. The van der Waals surface area contributed by atoms with Gasteiger partial charge in [-0.15, -0.1) is 0 Å².